The molecule has 1 rings (SSSR count). The molecule has 0 spiro atoms. The lowest BCUT2D eigenvalue weighted by atomic mass is 10.1. The zero-order valence-electron chi connectivity index (χ0n) is 12.2. The zero-order valence-corrected chi connectivity index (χ0v) is 13.0. The summed E-state index contributed by atoms with van der Waals surface area (Å²) in [4.78, 5) is 13.8. The van der Waals surface area contributed by atoms with E-state index in [-0.39, 0.29) is 10.7 Å². The summed E-state index contributed by atoms with van der Waals surface area (Å²) >= 11 is 0. The van der Waals surface area contributed by atoms with Gasteiger partial charge in [-0.3, -0.25) is 4.79 Å². The fourth-order valence-electron chi connectivity index (χ4n) is 1.65. The highest BCUT2D eigenvalue weighted by atomic mass is 32.2. The Bertz CT molecular complexity index is 555. The van der Waals surface area contributed by atoms with Gasteiger partial charge in [-0.2, -0.15) is 0 Å². The zero-order chi connectivity index (χ0) is 15.2. The van der Waals surface area contributed by atoms with E-state index in [1.54, 1.807) is 19.1 Å². The second kappa shape index (κ2) is 7.52. The first-order valence-electron chi connectivity index (χ1n) is 6.72. The van der Waals surface area contributed by atoms with Crippen LogP contribution in [0.3, 0.4) is 0 Å². The number of benzene rings is 1. The standard InChI is InChI=1S/C14H22N2O3S/c1-4-14(17)12-7-6-8-13(11-12)20(18,19)15-9-10-16(3)5-2/h6-8,11,15H,4-5,9-10H2,1-3H3. The number of ketones is 1. The van der Waals surface area contributed by atoms with Gasteiger partial charge in [-0.25, -0.2) is 13.1 Å². The van der Waals surface area contributed by atoms with Crippen molar-refractivity contribution in [3.05, 3.63) is 29.8 Å². The Morgan fingerprint density at radius 2 is 2.00 bits per heavy atom. The van der Waals surface area contributed by atoms with E-state index in [0.717, 1.165) is 6.54 Å². The van der Waals surface area contributed by atoms with Crippen molar-refractivity contribution in [2.75, 3.05) is 26.7 Å². The Morgan fingerprint density at radius 3 is 2.60 bits per heavy atom. The molecule has 6 heteroatoms. The molecule has 0 aliphatic heterocycles. The van der Waals surface area contributed by atoms with E-state index >= 15 is 0 Å². The highest BCUT2D eigenvalue weighted by molar-refractivity contribution is 7.89. The van der Waals surface area contributed by atoms with E-state index in [2.05, 4.69) is 4.72 Å². The summed E-state index contributed by atoms with van der Waals surface area (Å²) < 4.78 is 26.8. The molecule has 1 N–H and O–H groups in total. The first-order chi connectivity index (χ1) is 9.40. The third-order valence-electron chi connectivity index (χ3n) is 3.11. The molecule has 0 bridgehead atoms. The minimum atomic E-state index is -3.56. The maximum absolute atomic E-state index is 12.1. The number of likely N-dealkylation sites (N-methyl/N-ethyl adjacent to an activating group) is 1. The average molecular weight is 298 g/mol. The molecule has 0 fully saturated rings. The summed E-state index contributed by atoms with van der Waals surface area (Å²) in [5.41, 5.74) is 0.432. The quantitative estimate of drug-likeness (QED) is 0.739. The molecule has 0 unspecified atom stereocenters. The molecule has 0 amide bonds. The minimum Gasteiger partial charge on any atom is -0.305 e. The Kier molecular flexibility index (Phi) is 6.32. The smallest absolute Gasteiger partial charge is 0.240 e. The molecule has 20 heavy (non-hydrogen) atoms. The molecule has 0 aliphatic carbocycles. The maximum atomic E-state index is 12.1. The third kappa shape index (κ3) is 4.70. The fraction of sp³-hybridized carbons (Fsp3) is 0.500. The van der Waals surface area contributed by atoms with Crippen LogP contribution >= 0.6 is 0 Å². The van der Waals surface area contributed by atoms with E-state index in [1.807, 2.05) is 18.9 Å². The van der Waals surface area contributed by atoms with Crippen LogP contribution in [-0.2, 0) is 10.0 Å². The van der Waals surface area contributed by atoms with Crippen LogP contribution in [0.15, 0.2) is 29.2 Å². The molecule has 1 aromatic carbocycles. The molecule has 112 valence electrons. The van der Waals surface area contributed by atoms with Gasteiger partial charge >= 0.3 is 0 Å². The Labute approximate surface area is 121 Å². The number of Topliss-reactive ketones (excluding diaryl/α,β-unsaturated/α-hetero) is 1. The summed E-state index contributed by atoms with van der Waals surface area (Å²) in [6, 6.07) is 6.15. The number of rotatable bonds is 8. The summed E-state index contributed by atoms with van der Waals surface area (Å²) in [5.74, 6) is -0.0623. The van der Waals surface area contributed by atoms with Crippen molar-refractivity contribution in [2.45, 2.75) is 25.2 Å². The molecule has 0 aromatic heterocycles. The van der Waals surface area contributed by atoms with Gasteiger partial charge in [-0.1, -0.05) is 26.0 Å². The van der Waals surface area contributed by atoms with Crippen LogP contribution in [0.1, 0.15) is 30.6 Å². The second-order valence-corrected chi connectivity index (χ2v) is 6.37. The number of hydrogen-bond acceptors (Lipinski definition) is 4. The second-order valence-electron chi connectivity index (χ2n) is 4.60. The van der Waals surface area contributed by atoms with Crippen molar-refractivity contribution in [3.8, 4) is 0 Å². The predicted octanol–water partition coefficient (Wildman–Crippen LogP) is 1.51. The van der Waals surface area contributed by atoms with Crippen LogP contribution in [0.2, 0.25) is 0 Å². The molecule has 0 aliphatic rings. The summed E-state index contributed by atoms with van der Waals surface area (Å²) in [6.07, 6.45) is 0.359. The van der Waals surface area contributed by atoms with Crippen LogP contribution in [-0.4, -0.2) is 45.8 Å². The lowest BCUT2D eigenvalue weighted by Crippen LogP contribution is -2.33. The lowest BCUT2D eigenvalue weighted by molar-refractivity contribution is 0.0988. The molecule has 5 nitrogen and oxygen atoms in total. The van der Waals surface area contributed by atoms with Crippen molar-refractivity contribution in [1.82, 2.24) is 9.62 Å². The van der Waals surface area contributed by atoms with Crippen molar-refractivity contribution in [1.29, 1.82) is 0 Å². The number of nitrogens with zero attached hydrogens (tertiary/aromatic N) is 1. The van der Waals surface area contributed by atoms with Crippen LogP contribution in [0.25, 0.3) is 0 Å². The summed E-state index contributed by atoms with van der Waals surface area (Å²) in [7, 11) is -1.63. The number of nitrogens with one attached hydrogen (secondary N) is 1. The van der Waals surface area contributed by atoms with E-state index in [4.69, 9.17) is 0 Å². The fourth-order valence-corrected chi connectivity index (χ4v) is 2.72. The number of sulfonamides is 1. The van der Waals surface area contributed by atoms with Crippen molar-refractivity contribution < 1.29 is 13.2 Å². The molecule has 0 atom stereocenters. The molecule has 0 radical (unpaired) electrons. The van der Waals surface area contributed by atoms with E-state index < -0.39 is 10.0 Å². The average Bonchev–Trinajstić information content (AvgIpc) is 2.46. The van der Waals surface area contributed by atoms with Crippen molar-refractivity contribution in [3.63, 3.8) is 0 Å². The van der Waals surface area contributed by atoms with Gasteiger partial charge in [0, 0.05) is 25.1 Å². The monoisotopic (exact) mass is 298 g/mol. The van der Waals surface area contributed by atoms with Crippen molar-refractivity contribution in [2.24, 2.45) is 0 Å². The normalized spacial score (nSPS) is 11.8. The molecule has 0 saturated carbocycles. The number of carbonyl (C=O) groups excluding carboxylic acids is 1. The SMILES string of the molecule is CCC(=O)c1cccc(S(=O)(=O)NCCN(C)CC)c1. The van der Waals surface area contributed by atoms with Gasteiger partial charge in [0.25, 0.3) is 0 Å². The van der Waals surface area contributed by atoms with Crippen LogP contribution in [0, 0.1) is 0 Å². The van der Waals surface area contributed by atoms with Crippen LogP contribution < -0.4 is 4.72 Å². The van der Waals surface area contributed by atoms with Crippen LogP contribution in [0.5, 0.6) is 0 Å². The third-order valence-corrected chi connectivity index (χ3v) is 4.57. The molecule has 0 saturated heterocycles. The molecule has 0 heterocycles. The highest BCUT2D eigenvalue weighted by Crippen LogP contribution is 2.12. The van der Waals surface area contributed by atoms with Crippen LogP contribution in [0.4, 0.5) is 0 Å². The Morgan fingerprint density at radius 1 is 1.30 bits per heavy atom. The summed E-state index contributed by atoms with van der Waals surface area (Å²) in [5, 5.41) is 0. The van der Waals surface area contributed by atoms with Gasteiger partial charge in [0.05, 0.1) is 4.90 Å². The molecular formula is C14H22N2O3S. The minimum absolute atomic E-state index is 0.0623. The van der Waals surface area contributed by atoms with Gasteiger partial charge in [0.2, 0.25) is 10.0 Å². The largest absolute Gasteiger partial charge is 0.305 e. The van der Waals surface area contributed by atoms with Crippen molar-refractivity contribution >= 4 is 15.8 Å². The molecular weight excluding hydrogens is 276 g/mol. The van der Waals surface area contributed by atoms with E-state index in [1.165, 1.54) is 12.1 Å². The maximum Gasteiger partial charge on any atom is 0.240 e. The Balaban J connectivity index is 2.79. The predicted molar refractivity (Wildman–Crippen MR) is 79.4 cm³/mol. The van der Waals surface area contributed by atoms with Gasteiger partial charge in [0.1, 0.15) is 0 Å². The molecule has 1 aromatic rings. The Hall–Kier alpha value is -1.24. The first-order valence-corrected chi connectivity index (χ1v) is 8.20. The van der Waals surface area contributed by atoms with Gasteiger partial charge in [-0.05, 0) is 25.7 Å². The highest BCUT2D eigenvalue weighted by Gasteiger charge is 2.15. The number of hydrogen-bond donors (Lipinski definition) is 1. The van der Waals surface area contributed by atoms with Gasteiger partial charge in [0.15, 0.2) is 5.78 Å². The number of carbonyl (C=O) groups is 1. The van der Waals surface area contributed by atoms with Gasteiger partial charge < -0.3 is 4.90 Å². The summed E-state index contributed by atoms with van der Waals surface area (Å²) in [6.45, 7) is 5.61. The first kappa shape index (κ1) is 16.8. The van der Waals surface area contributed by atoms with E-state index in [0.29, 0.717) is 25.1 Å². The van der Waals surface area contributed by atoms with E-state index in [9.17, 15) is 13.2 Å². The lowest BCUT2D eigenvalue weighted by Gasteiger charge is -2.14. The van der Waals surface area contributed by atoms with Gasteiger partial charge in [-0.15, -0.1) is 0 Å². The topological polar surface area (TPSA) is 66.5 Å².